The van der Waals surface area contributed by atoms with Gasteiger partial charge in [-0.1, -0.05) is 43.3 Å². The zero-order chi connectivity index (χ0) is 20.1. The van der Waals surface area contributed by atoms with E-state index >= 15 is 0 Å². The van der Waals surface area contributed by atoms with E-state index in [1.165, 1.54) is 6.08 Å². The van der Waals surface area contributed by atoms with E-state index in [0.29, 0.717) is 18.5 Å². The third kappa shape index (κ3) is 1.86. The fraction of sp³-hybridized carbons (Fsp3) is 0.455. The molecule has 0 bridgehead atoms. The minimum atomic E-state index is -4.65. The maximum atomic E-state index is 13.7. The molecule has 1 unspecified atom stereocenters. The van der Waals surface area contributed by atoms with Gasteiger partial charge in [-0.25, -0.2) is 0 Å². The summed E-state index contributed by atoms with van der Waals surface area (Å²) >= 11 is 0. The predicted molar refractivity (Wildman–Crippen MR) is 98.6 cm³/mol. The Hall–Kier alpha value is -2.37. The van der Waals surface area contributed by atoms with Crippen molar-refractivity contribution in [1.29, 1.82) is 0 Å². The van der Waals surface area contributed by atoms with E-state index in [-0.39, 0.29) is 0 Å². The second kappa shape index (κ2) is 4.97. The Labute approximate surface area is 161 Å². The number of halogens is 3. The van der Waals surface area contributed by atoms with Crippen LogP contribution in [0.2, 0.25) is 0 Å². The first-order valence-corrected chi connectivity index (χ1v) is 9.52. The molecule has 3 aliphatic carbocycles. The van der Waals surface area contributed by atoms with E-state index in [0.717, 1.165) is 23.2 Å². The van der Waals surface area contributed by atoms with Crippen LogP contribution in [0.4, 0.5) is 13.2 Å². The first kappa shape index (κ1) is 17.7. The first-order chi connectivity index (χ1) is 13.1. The highest BCUT2D eigenvalue weighted by atomic mass is 19.4. The number of carbonyl (C=O) groups is 1. The quantitative estimate of drug-likeness (QED) is 0.708. The Bertz CT molecular complexity index is 1050. The Balaban J connectivity index is 1.77. The number of hydrogen-bond acceptors (Lipinski definition) is 2. The van der Waals surface area contributed by atoms with Crippen LogP contribution in [0.3, 0.4) is 0 Å². The summed E-state index contributed by atoms with van der Waals surface area (Å²) in [5.74, 6) is -0.750. The Morgan fingerprint density at radius 3 is 2.46 bits per heavy atom. The molecule has 5 rings (SSSR count). The number of alkyl halides is 3. The topological polar surface area (TPSA) is 34.9 Å². The fourth-order valence-electron chi connectivity index (χ4n) is 6.05. The molecule has 6 heteroatoms. The number of allylic oxidation sites excluding steroid dienone is 2. The van der Waals surface area contributed by atoms with Crippen molar-refractivity contribution in [3.05, 3.63) is 53.2 Å². The molecule has 3 nitrogen and oxygen atoms in total. The van der Waals surface area contributed by atoms with Crippen LogP contribution in [-0.2, 0) is 23.7 Å². The third-order valence-electron chi connectivity index (χ3n) is 7.55. The Morgan fingerprint density at radius 2 is 1.82 bits per heavy atom. The van der Waals surface area contributed by atoms with E-state index in [1.807, 2.05) is 44.3 Å². The van der Waals surface area contributed by atoms with Crippen molar-refractivity contribution in [3.63, 3.8) is 0 Å². The van der Waals surface area contributed by atoms with E-state index in [9.17, 15) is 18.0 Å². The highest BCUT2D eigenvalue weighted by molar-refractivity contribution is 6.06. The maximum absolute atomic E-state index is 13.7. The summed E-state index contributed by atoms with van der Waals surface area (Å²) in [4.78, 5) is 12.7. The van der Waals surface area contributed by atoms with Gasteiger partial charge in [-0.2, -0.15) is 18.3 Å². The molecule has 2 aromatic rings. The molecule has 0 amide bonds. The summed E-state index contributed by atoms with van der Waals surface area (Å²) in [7, 11) is 1.84. The average molecular weight is 386 g/mol. The Kier molecular flexibility index (Phi) is 3.14. The smallest absolute Gasteiger partial charge is 0.294 e. The summed E-state index contributed by atoms with van der Waals surface area (Å²) in [6.45, 7) is 3.55. The van der Waals surface area contributed by atoms with Gasteiger partial charge in [0, 0.05) is 29.0 Å². The van der Waals surface area contributed by atoms with Crippen LogP contribution in [0.25, 0.3) is 11.3 Å². The molecule has 0 saturated heterocycles. The van der Waals surface area contributed by atoms with E-state index in [1.54, 1.807) is 11.6 Å². The van der Waals surface area contributed by atoms with Gasteiger partial charge in [0.05, 0.1) is 17.0 Å². The lowest BCUT2D eigenvalue weighted by Gasteiger charge is -2.45. The second-order valence-electron chi connectivity index (χ2n) is 8.84. The van der Waals surface area contributed by atoms with Gasteiger partial charge in [0.2, 0.25) is 0 Å². The number of aromatic nitrogens is 2. The molecule has 0 radical (unpaired) electrons. The fourth-order valence-corrected chi connectivity index (χ4v) is 6.05. The van der Waals surface area contributed by atoms with Crippen molar-refractivity contribution in [3.8, 4) is 11.3 Å². The molecule has 0 N–H and O–H groups in total. The standard InChI is InChI=1S/C22H21F3N2O/c1-19-11-15(22(23,24)25)18(28)20(2)12-21(19,20)10-9-14-16(27(3)26-17(14)19)13-7-5-4-6-8-13/h4-8,11H,9-10,12H2,1-3H3/t19-,20?,21+/m1/s1. The lowest BCUT2D eigenvalue weighted by Crippen LogP contribution is -2.47. The number of hydrogen-bond donors (Lipinski definition) is 0. The number of ketones is 1. The van der Waals surface area contributed by atoms with Gasteiger partial charge in [-0.05, 0) is 31.6 Å². The van der Waals surface area contributed by atoms with Crippen LogP contribution in [0.5, 0.6) is 0 Å². The van der Waals surface area contributed by atoms with Crippen molar-refractivity contribution in [2.75, 3.05) is 0 Å². The zero-order valence-corrected chi connectivity index (χ0v) is 16.0. The SMILES string of the molecule is Cn1nc2c(c1-c1ccccc1)CC[C@@]13CC1(C)C(=O)C(C(F)(F)F)=C[C@]23C. The minimum absolute atomic E-state index is 0.471. The van der Waals surface area contributed by atoms with Gasteiger partial charge in [0.25, 0.3) is 0 Å². The lowest BCUT2D eigenvalue weighted by molar-refractivity contribution is -0.136. The summed E-state index contributed by atoms with van der Waals surface area (Å²) in [5, 5.41) is 4.72. The number of Topliss-reactive ketones (excluding diaryl/α,β-unsaturated/α-hetero) is 1. The molecule has 1 aromatic heterocycles. The number of rotatable bonds is 1. The summed E-state index contributed by atoms with van der Waals surface area (Å²) in [6.07, 6.45) is -1.55. The van der Waals surface area contributed by atoms with E-state index in [4.69, 9.17) is 5.10 Å². The third-order valence-corrected chi connectivity index (χ3v) is 7.55. The molecular weight excluding hydrogens is 365 g/mol. The number of fused-ring (bicyclic) bond motifs is 2. The van der Waals surface area contributed by atoms with Crippen LogP contribution in [0.15, 0.2) is 42.0 Å². The molecule has 1 heterocycles. The molecule has 146 valence electrons. The maximum Gasteiger partial charge on any atom is 0.419 e. The van der Waals surface area contributed by atoms with Crippen LogP contribution >= 0.6 is 0 Å². The van der Waals surface area contributed by atoms with Crippen molar-refractivity contribution in [1.82, 2.24) is 9.78 Å². The Morgan fingerprint density at radius 1 is 1.14 bits per heavy atom. The molecule has 1 spiro atoms. The van der Waals surface area contributed by atoms with Crippen LogP contribution in [0, 0.1) is 10.8 Å². The largest absolute Gasteiger partial charge is 0.419 e. The predicted octanol–water partition coefficient (Wildman–Crippen LogP) is 4.76. The zero-order valence-electron chi connectivity index (χ0n) is 16.0. The normalized spacial score (nSPS) is 33.6. The van der Waals surface area contributed by atoms with Gasteiger partial charge in [0.1, 0.15) is 0 Å². The number of nitrogens with zero attached hydrogens (tertiary/aromatic N) is 2. The van der Waals surface area contributed by atoms with Crippen molar-refractivity contribution in [2.24, 2.45) is 17.9 Å². The lowest BCUT2D eigenvalue weighted by atomic mass is 9.57. The van der Waals surface area contributed by atoms with Crippen LogP contribution in [0.1, 0.15) is 37.9 Å². The summed E-state index contributed by atoms with van der Waals surface area (Å²) < 4.78 is 42.9. The van der Waals surface area contributed by atoms with E-state index < -0.39 is 33.8 Å². The number of carbonyl (C=O) groups excluding carboxylic acids is 1. The molecule has 0 aliphatic heterocycles. The van der Waals surface area contributed by atoms with Gasteiger partial charge >= 0.3 is 6.18 Å². The van der Waals surface area contributed by atoms with Crippen molar-refractivity contribution in [2.45, 2.75) is 44.7 Å². The van der Waals surface area contributed by atoms with Crippen LogP contribution < -0.4 is 0 Å². The van der Waals surface area contributed by atoms with Gasteiger partial charge < -0.3 is 0 Å². The first-order valence-electron chi connectivity index (χ1n) is 9.52. The summed E-state index contributed by atoms with van der Waals surface area (Å²) in [5.41, 5.74) is 0.312. The van der Waals surface area contributed by atoms with Crippen molar-refractivity contribution < 1.29 is 18.0 Å². The molecular formula is C22H21F3N2O. The van der Waals surface area contributed by atoms with Crippen molar-refractivity contribution >= 4 is 5.78 Å². The minimum Gasteiger partial charge on any atom is -0.294 e. The van der Waals surface area contributed by atoms with Gasteiger partial charge in [-0.15, -0.1) is 0 Å². The number of benzene rings is 1. The molecule has 1 fully saturated rings. The highest BCUT2D eigenvalue weighted by Gasteiger charge is 2.79. The average Bonchev–Trinajstić information content (AvgIpc) is 3.12. The highest BCUT2D eigenvalue weighted by Crippen LogP contribution is 2.79. The van der Waals surface area contributed by atoms with Crippen LogP contribution in [-0.4, -0.2) is 21.7 Å². The molecule has 3 atom stereocenters. The summed E-state index contributed by atoms with van der Waals surface area (Å²) in [6, 6.07) is 9.81. The van der Waals surface area contributed by atoms with E-state index in [2.05, 4.69) is 0 Å². The van der Waals surface area contributed by atoms with Gasteiger partial charge in [-0.3, -0.25) is 9.48 Å². The molecule has 1 aromatic carbocycles. The molecule has 3 aliphatic rings. The number of aryl methyl sites for hydroxylation is 1. The second-order valence-corrected chi connectivity index (χ2v) is 8.84. The molecule has 28 heavy (non-hydrogen) atoms. The monoisotopic (exact) mass is 386 g/mol. The molecule has 1 saturated carbocycles. The van der Waals surface area contributed by atoms with Gasteiger partial charge in [0.15, 0.2) is 5.78 Å².